The molecule has 2 nitrogen and oxygen atoms in total. The Labute approximate surface area is 141 Å². The topological polar surface area (TPSA) is 26.3 Å². The molecule has 0 spiro atoms. The summed E-state index contributed by atoms with van der Waals surface area (Å²) in [6.07, 6.45) is 10.5. The highest BCUT2D eigenvalue weighted by molar-refractivity contribution is 5.77. The molecule has 3 atom stereocenters. The van der Waals surface area contributed by atoms with Crippen molar-refractivity contribution in [1.82, 2.24) is 0 Å². The van der Waals surface area contributed by atoms with Gasteiger partial charge in [-0.25, -0.2) is 0 Å². The monoisotopic (exact) mass is 316 g/mol. The zero-order valence-electron chi connectivity index (χ0n) is 15.5. The largest absolute Gasteiger partial charge is 0.469 e. The lowest BCUT2D eigenvalue weighted by molar-refractivity contribution is -0.163. The second-order valence-corrected chi connectivity index (χ2v) is 8.65. The van der Waals surface area contributed by atoms with Crippen LogP contribution in [0.15, 0.2) is 22.8 Å². The van der Waals surface area contributed by atoms with Crippen molar-refractivity contribution >= 4 is 5.97 Å². The molecule has 3 rings (SSSR count). The molecule has 0 N–H and O–H groups in total. The molecule has 0 saturated heterocycles. The van der Waals surface area contributed by atoms with E-state index in [2.05, 4.69) is 33.8 Å². The quantitative estimate of drug-likeness (QED) is 0.634. The SMILES string of the molecule is COC(=O)[C@]1(C)CCCC2(C)C3=C(C=C(C(C)C)CC3)CCC21. The molecule has 0 aromatic heterocycles. The summed E-state index contributed by atoms with van der Waals surface area (Å²) in [6, 6.07) is 0. The van der Waals surface area contributed by atoms with Crippen LogP contribution in [-0.2, 0) is 9.53 Å². The van der Waals surface area contributed by atoms with E-state index in [1.807, 2.05) is 0 Å². The van der Waals surface area contributed by atoms with E-state index < -0.39 is 0 Å². The van der Waals surface area contributed by atoms with Gasteiger partial charge in [-0.1, -0.05) is 44.4 Å². The van der Waals surface area contributed by atoms with E-state index in [1.54, 1.807) is 23.8 Å². The van der Waals surface area contributed by atoms with Crippen molar-refractivity contribution in [1.29, 1.82) is 0 Å². The number of rotatable bonds is 2. The van der Waals surface area contributed by atoms with Gasteiger partial charge in [-0.15, -0.1) is 0 Å². The van der Waals surface area contributed by atoms with Crippen LogP contribution in [0.2, 0.25) is 0 Å². The van der Waals surface area contributed by atoms with Crippen molar-refractivity contribution in [3.63, 3.8) is 0 Å². The van der Waals surface area contributed by atoms with Crippen LogP contribution in [-0.4, -0.2) is 13.1 Å². The number of fused-ring (bicyclic) bond motifs is 2. The van der Waals surface area contributed by atoms with Gasteiger partial charge in [-0.3, -0.25) is 4.79 Å². The summed E-state index contributed by atoms with van der Waals surface area (Å²) in [7, 11) is 1.55. The second-order valence-electron chi connectivity index (χ2n) is 8.65. The Morgan fingerprint density at radius 3 is 2.61 bits per heavy atom. The number of methoxy groups -OCH3 is 1. The number of hydrogen-bond donors (Lipinski definition) is 0. The van der Waals surface area contributed by atoms with Crippen LogP contribution in [0.5, 0.6) is 0 Å². The Morgan fingerprint density at radius 1 is 1.22 bits per heavy atom. The van der Waals surface area contributed by atoms with Crippen LogP contribution in [0.4, 0.5) is 0 Å². The third-order valence-electron chi connectivity index (χ3n) is 7.13. The maximum Gasteiger partial charge on any atom is 0.311 e. The van der Waals surface area contributed by atoms with Gasteiger partial charge in [0.1, 0.15) is 0 Å². The minimum absolute atomic E-state index is 0.00620. The highest BCUT2D eigenvalue weighted by Crippen LogP contribution is 2.61. The van der Waals surface area contributed by atoms with Crippen molar-refractivity contribution in [2.24, 2.45) is 22.7 Å². The molecule has 0 aromatic carbocycles. The van der Waals surface area contributed by atoms with Gasteiger partial charge in [0, 0.05) is 0 Å². The van der Waals surface area contributed by atoms with Crippen LogP contribution in [0.3, 0.4) is 0 Å². The van der Waals surface area contributed by atoms with Crippen molar-refractivity contribution < 1.29 is 9.53 Å². The minimum atomic E-state index is -0.303. The van der Waals surface area contributed by atoms with Crippen molar-refractivity contribution in [2.75, 3.05) is 7.11 Å². The normalized spacial score (nSPS) is 37.1. The van der Waals surface area contributed by atoms with Gasteiger partial charge in [-0.05, 0) is 68.3 Å². The molecule has 2 unspecified atom stereocenters. The van der Waals surface area contributed by atoms with Gasteiger partial charge in [-0.2, -0.15) is 0 Å². The summed E-state index contributed by atoms with van der Waals surface area (Å²) in [5, 5.41) is 0. The first-order valence-electron chi connectivity index (χ1n) is 9.34. The fraction of sp³-hybridized carbons (Fsp3) is 0.762. The maximum absolute atomic E-state index is 12.5. The average molecular weight is 316 g/mol. The summed E-state index contributed by atoms with van der Waals surface area (Å²) in [5.41, 5.74) is 4.74. The molecule has 3 aliphatic rings. The smallest absolute Gasteiger partial charge is 0.311 e. The number of ether oxygens (including phenoxy) is 1. The van der Waals surface area contributed by atoms with Crippen LogP contribution in [0.1, 0.15) is 72.6 Å². The van der Waals surface area contributed by atoms with E-state index in [0.29, 0.717) is 11.8 Å². The Morgan fingerprint density at radius 2 is 1.96 bits per heavy atom. The predicted octanol–water partition coefficient (Wildman–Crippen LogP) is 5.44. The molecule has 128 valence electrons. The van der Waals surface area contributed by atoms with Gasteiger partial charge in [0.05, 0.1) is 12.5 Å². The first-order valence-corrected chi connectivity index (χ1v) is 9.34. The van der Waals surface area contributed by atoms with Crippen LogP contribution >= 0.6 is 0 Å². The molecular weight excluding hydrogens is 284 g/mol. The Hall–Kier alpha value is -1.05. The summed E-state index contributed by atoms with van der Waals surface area (Å²) in [5.74, 6) is 1.09. The molecule has 0 radical (unpaired) electrons. The highest BCUT2D eigenvalue weighted by Gasteiger charge is 2.56. The third-order valence-corrected chi connectivity index (χ3v) is 7.13. The molecule has 0 bridgehead atoms. The first kappa shape index (κ1) is 16.8. The molecule has 1 fully saturated rings. The fourth-order valence-corrected chi connectivity index (χ4v) is 5.79. The summed E-state index contributed by atoms with van der Waals surface area (Å²) < 4.78 is 5.20. The van der Waals surface area contributed by atoms with Crippen molar-refractivity contribution in [3.05, 3.63) is 22.8 Å². The molecule has 3 aliphatic carbocycles. The second kappa shape index (κ2) is 5.79. The number of carbonyl (C=O) groups is 1. The molecule has 1 saturated carbocycles. The van der Waals surface area contributed by atoms with Gasteiger partial charge < -0.3 is 4.74 Å². The average Bonchev–Trinajstić information content (AvgIpc) is 2.53. The molecule has 0 heterocycles. The summed E-state index contributed by atoms with van der Waals surface area (Å²) >= 11 is 0. The molecule has 23 heavy (non-hydrogen) atoms. The number of carbonyl (C=O) groups excluding carboxylic acids is 1. The van der Waals surface area contributed by atoms with E-state index in [0.717, 1.165) is 25.7 Å². The molecule has 0 amide bonds. The first-order chi connectivity index (χ1) is 10.8. The fourth-order valence-electron chi connectivity index (χ4n) is 5.79. The van der Waals surface area contributed by atoms with Crippen LogP contribution in [0.25, 0.3) is 0 Å². The van der Waals surface area contributed by atoms with E-state index in [1.165, 1.54) is 19.3 Å². The third kappa shape index (κ3) is 2.49. The highest BCUT2D eigenvalue weighted by atomic mass is 16.5. The maximum atomic E-state index is 12.5. The Kier molecular flexibility index (Phi) is 4.23. The van der Waals surface area contributed by atoms with Gasteiger partial charge >= 0.3 is 5.97 Å². The number of hydrogen-bond acceptors (Lipinski definition) is 2. The Balaban J connectivity index is 2.01. The molecule has 2 heteroatoms. The van der Waals surface area contributed by atoms with Crippen LogP contribution in [0, 0.1) is 22.7 Å². The lowest BCUT2D eigenvalue weighted by Gasteiger charge is -2.55. The van der Waals surface area contributed by atoms with Crippen LogP contribution < -0.4 is 0 Å². The van der Waals surface area contributed by atoms with E-state index in [9.17, 15) is 4.79 Å². The van der Waals surface area contributed by atoms with Crippen molar-refractivity contribution in [3.8, 4) is 0 Å². The standard InChI is InChI=1S/C21H32O2/c1-14(2)15-7-9-17-16(13-15)8-10-18-20(17,3)11-6-12-21(18,4)19(22)23-5/h13-14,18H,6-12H2,1-5H3/t18?,20?,21-/m1/s1. The number of esters is 1. The predicted molar refractivity (Wildman–Crippen MR) is 94.0 cm³/mol. The molecule has 0 aliphatic heterocycles. The van der Waals surface area contributed by atoms with Gasteiger partial charge in [0.2, 0.25) is 0 Å². The Bertz CT molecular complexity index is 568. The van der Waals surface area contributed by atoms with E-state index in [-0.39, 0.29) is 16.8 Å². The lowest BCUT2D eigenvalue weighted by Crippen LogP contribution is -2.51. The lowest BCUT2D eigenvalue weighted by atomic mass is 9.48. The summed E-state index contributed by atoms with van der Waals surface area (Å²) in [6.45, 7) is 9.20. The molecule has 0 aromatic rings. The molecular formula is C21H32O2. The van der Waals surface area contributed by atoms with E-state index >= 15 is 0 Å². The zero-order chi connectivity index (χ0) is 16.8. The minimum Gasteiger partial charge on any atom is -0.469 e. The van der Waals surface area contributed by atoms with Gasteiger partial charge in [0.25, 0.3) is 0 Å². The van der Waals surface area contributed by atoms with Gasteiger partial charge in [0.15, 0.2) is 0 Å². The van der Waals surface area contributed by atoms with Crippen molar-refractivity contribution in [2.45, 2.75) is 72.6 Å². The zero-order valence-corrected chi connectivity index (χ0v) is 15.5. The van der Waals surface area contributed by atoms with E-state index in [4.69, 9.17) is 4.74 Å². The number of allylic oxidation sites excluding steroid dienone is 4. The summed E-state index contributed by atoms with van der Waals surface area (Å²) in [4.78, 5) is 12.5.